The molecule has 0 aliphatic rings. The maximum absolute atomic E-state index is 13.0. The molecule has 0 unspecified atom stereocenters. The lowest BCUT2D eigenvalue weighted by molar-refractivity contribution is 0.102. The maximum atomic E-state index is 13.0. The van der Waals surface area contributed by atoms with E-state index in [1.165, 1.54) is 12.1 Å². The van der Waals surface area contributed by atoms with Gasteiger partial charge in [-0.1, -0.05) is 23.7 Å². The van der Waals surface area contributed by atoms with Crippen LogP contribution in [0.15, 0.2) is 54.6 Å². The van der Waals surface area contributed by atoms with Crippen LogP contribution in [-0.4, -0.2) is 15.9 Å². The summed E-state index contributed by atoms with van der Waals surface area (Å²) in [6.07, 6.45) is 0. The number of aromatic nitrogens is 2. The molecule has 2 N–H and O–H groups in total. The molecule has 3 rings (SSSR count). The molecule has 0 bridgehead atoms. The van der Waals surface area contributed by atoms with Crippen LogP contribution in [0.3, 0.4) is 0 Å². The van der Waals surface area contributed by atoms with E-state index in [1.807, 2.05) is 0 Å². The van der Waals surface area contributed by atoms with E-state index in [0.29, 0.717) is 28.9 Å². The molecule has 7 heteroatoms. The van der Waals surface area contributed by atoms with Gasteiger partial charge in [-0.05, 0) is 48.9 Å². The minimum absolute atomic E-state index is 0.244. The lowest BCUT2D eigenvalue weighted by Crippen LogP contribution is -2.15. The Hall–Kier alpha value is -2.99. The van der Waals surface area contributed by atoms with E-state index in [4.69, 9.17) is 11.6 Å². The number of amides is 1. The summed E-state index contributed by atoms with van der Waals surface area (Å²) in [5.41, 5.74) is 1.76. The summed E-state index contributed by atoms with van der Waals surface area (Å²) in [6, 6.07) is 14.5. The Labute approximate surface area is 155 Å². The van der Waals surface area contributed by atoms with Crippen molar-refractivity contribution in [2.75, 3.05) is 10.6 Å². The average molecular weight is 371 g/mol. The van der Waals surface area contributed by atoms with Crippen molar-refractivity contribution in [3.8, 4) is 0 Å². The number of nitrogens with zero attached hydrogens (tertiary/aromatic N) is 2. The van der Waals surface area contributed by atoms with Gasteiger partial charge in [0, 0.05) is 23.3 Å². The fourth-order valence-corrected chi connectivity index (χ4v) is 2.42. The fraction of sp³-hybridized carbons (Fsp3) is 0.105. The second-order valence-electron chi connectivity index (χ2n) is 5.63. The largest absolute Gasteiger partial charge is 0.366 e. The molecule has 3 aromatic rings. The first-order valence-electron chi connectivity index (χ1n) is 7.90. The van der Waals surface area contributed by atoms with Crippen molar-refractivity contribution < 1.29 is 9.18 Å². The Morgan fingerprint density at radius 1 is 1.08 bits per heavy atom. The fourth-order valence-electron chi connectivity index (χ4n) is 2.30. The first-order chi connectivity index (χ1) is 12.5. The van der Waals surface area contributed by atoms with Gasteiger partial charge in [0.25, 0.3) is 5.91 Å². The molecule has 5 nitrogen and oxygen atoms in total. The van der Waals surface area contributed by atoms with Gasteiger partial charge in [-0.3, -0.25) is 4.79 Å². The third-order valence-electron chi connectivity index (χ3n) is 3.56. The summed E-state index contributed by atoms with van der Waals surface area (Å²) in [6.45, 7) is 2.16. The smallest absolute Gasteiger partial charge is 0.274 e. The minimum atomic E-state index is -0.345. The molecule has 132 valence electrons. The molecule has 0 fully saturated rings. The van der Waals surface area contributed by atoms with Crippen LogP contribution in [0.5, 0.6) is 0 Å². The molecule has 2 aromatic carbocycles. The normalized spacial score (nSPS) is 10.4. The van der Waals surface area contributed by atoms with E-state index >= 15 is 0 Å². The van der Waals surface area contributed by atoms with E-state index in [-0.39, 0.29) is 17.4 Å². The summed E-state index contributed by atoms with van der Waals surface area (Å²) in [5.74, 6) is 0.355. The molecular formula is C19H16ClFN4O. The Kier molecular flexibility index (Phi) is 5.43. The average Bonchev–Trinajstić information content (AvgIpc) is 2.63. The zero-order valence-electron chi connectivity index (χ0n) is 14.0. The first-order valence-corrected chi connectivity index (χ1v) is 8.28. The number of carbonyl (C=O) groups excluding carboxylic acids is 1. The zero-order valence-corrected chi connectivity index (χ0v) is 14.7. The van der Waals surface area contributed by atoms with Crippen LogP contribution < -0.4 is 10.6 Å². The van der Waals surface area contributed by atoms with Gasteiger partial charge in [0.1, 0.15) is 23.2 Å². The summed E-state index contributed by atoms with van der Waals surface area (Å²) in [4.78, 5) is 20.9. The highest BCUT2D eigenvalue weighted by Gasteiger charge is 2.11. The number of anilines is 2. The maximum Gasteiger partial charge on any atom is 0.274 e. The standard InChI is InChI=1S/C19H16ClFN4O/c1-12-23-17(19(26)25-16-8-4-14(20)5-9-16)10-18(24-12)22-11-13-2-6-15(21)7-3-13/h2-10H,11H2,1H3,(H,25,26)(H,22,23,24). The molecule has 0 aliphatic heterocycles. The van der Waals surface area contributed by atoms with E-state index < -0.39 is 0 Å². The molecule has 0 saturated carbocycles. The SMILES string of the molecule is Cc1nc(NCc2ccc(F)cc2)cc(C(=O)Nc2ccc(Cl)cc2)n1. The van der Waals surface area contributed by atoms with Crippen molar-refractivity contribution in [1.29, 1.82) is 0 Å². The van der Waals surface area contributed by atoms with E-state index in [2.05, 4.69) is 20.6 Å². The second kappa shape index (κ2) is 7.93. The third-order valence-corrected chi connectivity index (χ3v) is 3.81. The van der Waals surface area contributed by atoms with Crippen LogP contribution in [0.1, 0.15) is 21.9 Å². The quantitative estimate of drug-likeness (QED) is 0.696. The molecule has 0 aliphatic carbocycles. The zero-order chi connectivity index (χ0) is 18.5. The van der Waals surface area contributed by atoms with Crippen LogP contribution in [-0.2, 0) is 6.54 Å². The second-order valence-corrected chi connectivity index (χ2v) is 6.06. The van der Waals surface area contributed by atoms with Crippen LogP contribution in [0.25, 0.3) is 0 Å². The number of aryl methyl sites for hydroxylation is 1. The molecule has 1 aromatic heterocycles. The Bertz CT molecular complexity index is 914. The molecule has 0 atom stereocenters. The lowest BCUT2D eigenvalue weighted by atomic mass is 10.2. The predicted octanol–water partition coefficient (Wildman–Crippen LogP) is 4.44. The molecule has 1 amide bonds. The van der Waals surface area contributed by atoms with Gasteiger partial charge < -0.3 is 10.6 Å². The Balaban J connectivity index is 1.71. The molecule has 0 saturated heterocycles. The van der Waals surface area contributed by atoms with E-state index in [0.717, 1.165) is 5.56 Å². The number of halogens is 2. The summed E-state index contributed by atoms with van der Waals surface area (Å²) in [5, 5.41) is 6.47. The molecule has 1 heterocycles. The summed E-state index contributed by atoms with van der Waals surface area (Å²) < 4.78 is 13.0. The van der Waals surface area contributed by atoms with Gasteiger partial charge in [0.15, 0.2) is 0 Å². The number of hydrogen-bond acceptors (Lipinski definition) is 4. The summed E-state index contributed by atoms with van der Waals surface area (Å²) >= 11 is 5.84. The van der Waals surface area contributed by atoms with Gasteiger partial charge in [0.05, 0.1) is 0 Å². The van der Waals surface area contributed by atoms with Crippen molar-refractivity contribution in [3.05, 3.63) is 82.5 Å². The van der Waals surface area contributed by atoms with Crippen molar-refractivity contribution in [3.63, 3.8) is 0 Å². The Morgan fingerprint density at radius 3 is 2.46 bits per heavy atom. The molecular weight excluding hydrogens is 355 g/mol. The highest BCUT2D eigenvalue weighted by Crippen LogP contribution is 2.15. The third kappa shape index (κ3) is 4.77. The van der Waals surface area contributed by atoms with Gasteiger partial charge in [-0.25, -0.2) is 14.4 Å². The molecule has 26 heavy (non-hydrogen) atoms. The Morgan fingerprint density at radius 2 is 1.77 bits per heavy atom. The topological polar surface area (TPSA) is 66.9 Å². The predicted molar refractivity (Wildman–Crippen MR) is 99.9 cm³/mol. The van der Waals surface area contributed by atoms with Crippen molar-refractivity contribution in [2.24, 2.45) is 0 Å². The number of rotatable bonds is 5. The van der Waals surface area contributed by atoms with Crippen molar-refractivity contribution in [1.82, 2.24) is 9.97 Å². The van der Waals surface area contributed by atoms with E-state index in [1.54, 1.807) is 49.4 Å². The van der Waals surface area contributed by atoms with Crippen LogP contribution in [0.2, 0.25) is 5.02 Å². The highest BCUT2D eigenvalue weighted by atomic mass is 35.5. The van der Waals surface area contributed by atoms with Crippen LogP contribution in [0.4, 0.5) is 15.9 Å². The van der Waals surface area contributed by atoms with Gasteiger partial charge in [-0.15, -0.1) is 0 Å². The molecule has 0 radical (unpaired) electrons. The van der Waals surface area contributed by atoms with Gasteiger partial charge in [0.2, 0.25) is 0 Å². The number of hydrogen-bond donors (Lipinski definition) is 2. The first kappa shape index (κ1) is 17.8. The molecule has 0 spiro atoms. The number of benzene rings is 2. The van der Waals surface area contributed by atoms with Crippen LogP contribution in [0, 0.1) is 12.7 Å². The van der Waals surface area contributed by atoms with Gasteiger partial charge >= 0.3 is 0 Å². The van der Waals surface area contributed by atoms with E-state index in [9.17, 15) is 9.18 Å². The summed E-state index contributed by atoms with van der Waals surface area (Å²) in [7, 11) is 0. The number of carbonyl (C=O) groups is 1. The highest BCUT2D eigenvalue weighted by molar-refractivity contribution is 6.30. The monoisotopic (exact) mass is 370 g/mol. The van der Waals surface area contributed by atoms with Crippen molar-refractivity contribution >= 4 is 29.0 Å². The lowest BCUT2D eigenvalue weighted by Gasteiger charge is -2.09. The minimum Gasteiger partial charge on any atom is -0.366 e. The van der Waals surface area contributed by atoms with Gasteiger partial charge in [-0.2, -0.15) is 0 Å². The van der Waals surface area contributed by atoms with Crippen molar-refractivity contribution in [2.45, 2.75) is 13.5 Å². The number of nitrogens with one attached hydrogen (secondary N) is 2. The van der Waals surface area contributed by atoms with Crippen LogP contribution >= 0.6 is 11.6 Å².